The number of rotatable bonds is 20. The molecule has 0 aliphatic heterocycles. The molecule has 0 fully saturated rings. The minimum absolute atomic E-state index is 0.0666. The lowest BCUT2D eigenvalue weighted by atomic mass is 10.0. The van der Waals surface area contributed by atoms with Crippen LogP contribution in [-0.2, 0) is 4.74 Å². The maximum Gasteiger partial charge on any atom is 0.407 e. The lowest BCUT2D eigenvalue weighted by Crippen LogP contribution is -2.26. The smallest absolute Gasteiger partial charge is 0.407 e. The zero-order chi connectivity index (χ0) is 20.7. The Labute approximate surface area is 174 Å². The molecule has 4 nitrogen and oxygen atoms in total. The second kappa shape index (κ2) is 22.3. The molecule has 0 unspecified atom stereocenters. The topological polar surface area (TPSA) is 58.6 Å². The van der Waals surface area contributed by atoms with Gasteiger partial charge in [-0.25, -0.2) is 4.79 Å². The standard InChI is InChI=1S/C24H47NO3/c1-3-5-6-7-8-9-10-11-12-13-14-15-16-17-18-19-20-25-24(27)28-22-23(4-2)21-26/h4,26H,3,5-22H2,1-2H3,(H,25,27). The van der Waals surface area contributed by atoms with Crippen molar-refractivity contribution in [2.24, 2.45) is 0 Å². The third kappa shape index (κ3) is 19.7. The van der Waals surface area contributed by atoms with Crippen molar-refractivity contribution in [1.82, 2.24) is 5.32 Å². The van der Waals surface area contributed by atoms with Crippen molar-refractivity contribution in [1.29, 1.82) is 0 Å². The van der Waals surface area contributed by atoms with E-state index in [0.717, 1.165) is 18.4 Å². The van der Waals surface area contributed by atoms with E-state index in [1.807, 2.05) is 6.92 Å². The van der Waals surface area contributed by atoms with Crippen molar-refractivity contribution in [3.63, 3.8) is 0 Å². The van der Waals surface area contributed by atoms with Crippen molar-refractivity contribution in [3.8, 4) is 0 Å². The lowest BCUT2D eigenvalue weighted by molar-refractivity contribution is 0.151. The fourth-order valence-electron chi connectivity index (χ4n) is 3.29. The van der Waals surface area contributed by atoms with Crippen molar-refractivity contribution in [2.75, 3.05) is 19.8 Å². The quantitative estimate of drug-likeness (QED) is 0.173. The van der Waals surface area contributed by atoms with Crippen LogP contribution in [0.4, 0.5) is 4.79 Å². The Bertz CT molecular complexity index is 369. The molecule has 0 atom stereocenters. The summed E-state index contributed by atoms with van der Waals surface area (Å²) in [6.07, 6.45) is 23.0. The monoisotopic (exact) mass is 397 g/mol. The number of allylic oxidation sites excluding steroid dienone is 1. The zero-order valence-electron chi connectivity index (χ0n) is 18.8. The van der Waals surface area contributed by atoms with Gasteiger partial charge in [-0.15, -0.1) is 0 Å². The van der Waals surface area contributed by atoms with Crippen LogP contribution in [0.25, 0.3) is 0 Å². The Morgan fingerprint density at radius 1 is 0.786 bits per heavy atom. The zero-order valence-corrected chi connectivity index (χ0v) is 18.8. The summed E-state index contributed by atoms with van der Waals surface area (Å²) in [5, 5.41) is 11.8. The molecule has 0 aromatic heterocycles. The number of carbonyl (C=O) groups is 1. The molecule has 0 aliphatic carbocycles. The SMILES string of the molecule is CC=C(CO)COC(=O)NCCCCCCCCCCCCCCCCCC. The van der Waals surface area contributed by atoms with Crippen LogP contribution in [0.15, 0.2) is 11.6 Å². The van der Waals surface area contributed by atoms with Gasteiger partial charge in [0.05, 0.1) is 6.61 Å². The van der Waals surface area contributed by atoms with Crippen molar-refractivity contribution >= 4 is 6.09 Å². The number of hydrogen-bond acceptors (Lipinski definition) is 3. The number of hydrogen-bond donors (Lipinski definition) is 2. The van der Waals surface area contributed by atoms with Gasteiger partial charge in [0.1, 0.15) is 6.61 Å². The third-order valence-corrected chi connectivity index (χ3v) is 5.30. The Hall–Kier alpha value is -1.03. The van der Waals surface area contributed by atoms with Crippen LogP contribution >= 0.6 is 0 Å². The fourth-order valence-corrected chi connectivity index (χ4v) is 3.29. The highest BCUT2D eigenvalue weighted by molar-refractivity contribution is 5.67. The maximum absolute atomic E-state index is 11.5. The largest absolute Gasteiger partial charge is 0.445 e. The van der Waals surface area contributed by atoms with Gasteiger partial charge in [-0.2, -0.15) is 0 Å². The first-order valence-corrected chi connectivity index (χ1v) is 11.9. The molecule has 166 valence electrons. The number of nitrogens with one attached hydrogen (secondary N) is 1. The highest BCUT2D eigenvalue weighted by Crippen LogP contribution is 2.13. The molecule has 0 aliphatic rings. The van der Waals surface area contributed by atoms with Crippen LogP contribution in [0.2, 0.25) is 0 Å². The van der Waals surface area contributed by atoms with Gasteiger partial charge in [0.2, 0.25) is 0 Å². The van der Waals surface area contributed by atoms with Crippen LogP contribution in [-0.4, -0.2) is 31.0 Å². The van der Waals surface area contributed by atoms with Crippen molar-refractivity contribution in [2.45, 2.75) is 117 Å². The molecule has 0 radical (unpaired) electrons. The second-order valence-corrected chi connectivity index (χ2v) is 7.91. The van der Waals surface area contributed by atoms with E-state index in [-0.39, 0.29) is 13.2 Å². The molecule has 0 spiro atoms. The predicted octanol–water partition coefficient (Wildman–Crippen LogP) is 6.91. The number of ether oxygens (including phenoxy) is 1. The van der Waals surface area contributed by atoms with Crippen LogP contribution in [0, 0.1) is 0 Å². The van der Waals surface area contributed by atoms with E-state index < -0.39 is 6.09 Å². The first-order chi connectivity index (χ1) is 13.7. The molecule has 0 saturated carbocycles. The second-order valence-electron chi connectivity index (χ2n) is 7.91. The Morgan fingerprint density at radius 2 is 1.21 bits per heavy atom. The number of amides is 1. The molecule has 0 heterocycles. The Balaban J connectivity index is 3.18. The number of unbranched alkanes of at least 4 members (excludes halogenated alkanes) is 15. The number of alkyl carbamates (subject to hydrolysis) is 1. The van der Waals surface area contributed by atoms with E-state index in [1.54, 1.807) is 6.08 Å². The van der Waals surface area contributed by atoms with E-state index in [1.165, 1.54) is 89.9 Å². The maximum atomic E-state index is 11.5. The van der Waals surface area contributed by atoms with E-state index in [0.29, 0.717) is 6.54 Å². The minimum Gasteiger partial charge on any atom is -0.445 e. The normalized spacial score (nSPS) is 11.6. The molecule has 28 heavy (non-hydrogen) atoms. The molecular formula is C24H47NO3. The molecule has 0 rings (SSSR count). The lowest BCUT2D eigenvalue weighted by Gasteiger charge is -2.08. The summed E-state index contributed by atoms with van der Waals surface area (Å²) in [4.78, 5) is 11.5. The first kappa shape index (κ1) is 27.0. The molecule has 2 N–H and O–H groups in total. The molecule has 0 saturated heterocycles. The molecule has 1 amide bonds. The van der Waals surface area contributed by atoms with Crippen LogP contribution in [0.1, 0.15) is 117 Å². The average molecular weight is 398 g/mol. The summed E-state index contributed by atoms with van der Waals surface area (Å²) < 4.78 is 5.04. The van der Waals surface area contributed by atoms with Gasteiger partial charge in [-0.1, -0.05) is 109 Å². The first-order valence-electron chi connectivity index (χ1n) is 11.9. The Kier molecular flexibility index (Phi) is 21.4. The van der Waals surface area contributed by atoms with Gasteiger partial charge < -0.3 is 15.2 Å². The third-order valence-electron chi connectivity index (χ3n) is 5.30. The summed E-state index contributed by atoms with van der Waals surface area (Å²) in [5.74, 6) is 0. The number of carbonyl (C=O) groups excluding carboxylic acids is 1. The highest BCUT2D eigenvalue weighted by atomic mass is 16.5. The number of aliphatic hydroxyl groups excluding tert-OH is 1. The summed E-state index contributed by atoms with van der Waals surface area (Å²) in [5.41, 5.74) is 0.720. The molecule has 0 aromatic rings. The van der Waals surface area contributed by atoms with E-state index in [2.05, 4.69) is 12.2 Å². The molecule has 0 bridgehead atoms. The van der Waals surface area contributed by atoms with Crippen molar-refractivity contribution < 1.29 is 14.6 Å². The number of aliphatic hydroxyl groups is 1. The van der Waals surface area contributed by atoms with Gasteiger partial charge in [0, 0.05) is 6.54 Å². The molecule has 4 heteroatoms. The van der Waals surface area contributed by atoms with E-state index >= 15 is 0 Å². The molecule has 0 aromatic carbocycles. The summed E-state index contributed by atoms with van der Waals surface area (Å²) in [6, 6.07) is 0. The predicted molar refractivity (Wildman–Crippen MR) is 120 cm³/mol. The highest BCUT2D eigenvalue weighted by Gasteiger charge is 2.02. The van der Waals surface area contributed by atoms with Crippen molar-refractivity contribution in [3.05, 3.63) is 11.6 Å². The summed E-state index contributed by atoms with van der Waals surface area (Å²) in [6.45, 7) is 4.87. The average Bonchev–Trinajstić information content (AvgIpc) is 2.71. The fraction of sp³-hybridized carbons (Fsp3) is 0.875. The molecular weight excluding hydrogens is 350 g/mol. The van der Waals surface area contributed by atoms with Gasteiger partial charge in [0.15, 0.2) is 0 Å². The van der Waals surface area contributed by atoms with E-state index in [4.69, 9.17) is 9.84 Å². The van der Waals surface area contributed by atoms with Crippen LogP contribution < -0.4 is 5.32 Å². The minimum atomic E-state index is -0.395. The van der Waals surface area contributed by atoms with Gasteiger partial charge in [-0.3, -0.25) is 0 Å². The van der Waals surface area contributed by atoms with Crippen LogP contribution in [0.5, 0.6) is 0 Å². The Morgan fingerprint density at radius 3 is 1.61 bits per heavy atom. The van der Waals surface area contributed by atoms with Gasteiger partial charge in [0.25, 0.3) is 0 Å². The van der Waals surface area contributed by atoms with Gasteiger partial charge >= 0.3 is 6.09 Å². The summed E-state index contributed by atoms with van der Waals surface area (Å²) in [7, 11) is 0. The van der Waals surface area contributed by atoms with E-state index in [9.17, 15) is 4.79 Å². The summed E-state index contributed by atoms with van der Waals surface area (Å²) >= 11 is 0. The van der Waals surface area contributed by atoms with Gasteiger partial charge in [-0.05, 0) is 18.9 Å². The van der Waals surface area contributed by atoms with Crippen LogP contribution in [0.3, 0.4) is 0 Å².